The maximum atomic E-state index is 6.36. The lowest BCUT2D eigenvalue weighted by atomic mass is 9.86. The number of hydrogen-bond donors (Lipinski definition) is 1. The standard InChI is InChI=1S/C11H23NO/c1-10(13-2)9-11(12)7-5-3-4-6-8-11/h10H,3-9,12H2,1-2H3. The van der Waals surface area contributed by atoms with Crippen LogP contribution in [0.2, 0.25) is 0 Å². The van der Waals surface area contributed by atoms with Gasteiger partial charge in [0.15, 0.2) is 0 Å². The Hall–Kier alpha value is -0.0800. The van der Waals surface area contributed by atoms with Gasteiger partial charge in [-0.3, -0.25) is 0 Å². The average molecular weight is 185 g/mol. The lowest BCUT2D eigenvalue weighted by Crippen LogP contribution is -2.42. The number of rotatable bonds is 3. The third kappa shape index (κ3) is 3.65. The van der Waals surface area contributed by atoms with E-state index < -0.39 is 0 Å². The van der Waals surface area contributed by atoms with E-state index in [2.05, 4.69) is 6.92 Å². The molecule has 0 aromatic rings. The van der Waals surface area contributed by atoms with Crippen molar-refractivity contribution in [1.29, 1.82) is 0 Å². The van der Waals surface area contributed by atoms with Crippen LogP contribution in [0, 0.1) is 0 Å². The molecular formula is C11H23NO. The predicted octanol–water partition coefficient (Wildman–Crippen LogP) is 2.46. The molecule has 0 heterocycles. The van der Waals surface area contributed by atoms with Crippen molar-refractivity contribution in [2.75, 3.05) is 7.11 Å². The molecule has 2 heteroatoms. The van der Waals surface area contributed by atoms with E-state index in [9.17, 15) is 0 Å². The minimum Gasteiger partial charge on any atom is -0.382 e. The first-order chi connectivity index (χ1) is 6.16. The van der Waals surface area contributed by atoms with Crippen molar-refractivity contribution in [3.63, 3.8) is 0 Å². The van der Waals surface area contributed by atoms with E-state index in [1.54, 1.807) is 7.11 Å². The molecule has 1 fully saturated rings. The molecule has 0 aromatic heterocycles. The Morgan fingerprint density at radius 1 is 1.23 bits per heavy atom. The minimum atomic E-state index is 0.0614. The fourth-order valence-corrected chi connectivity index (χ4v) is 2.29. The van der Waals surface area contributed by atoms with Gasteiger partial charge in [-0.1, -0.05) is 25.7 Å². The normalized spacial score (nSPS) is 25.2. The van der Waals surface area contributed by atoms with Gasteiger partial charge in [-0.25, -0.2) is 0 Å². The van der Waals surface area contributed by atoms with Crippen LogP contribution in [0.5, 0.6) is 0 Å². The molecule has 0 amide bonds. The third-order valence-corrected chi connectivity index (χ3v) is 3.20. The molecule has 0 bridgehead atoms. The predicted molar refractivity (Wildman–Crippen MR) is 55.7 cm³/mol. The fraction of sp³-hybridized carbons (Fsp3) is 1.00. The van der Waals surface area contributed by atoms with Crippen molar-refractivity contribution in [2.24, 2.45) is 5.73 Å². The maximum Gasteiger partial charge on any atom is 0.0560 e. The molecule has 0 aliphatic heterocycles. The van der Waals surface area contributed by atoms with Crippen LogP contribution in [0.25, 0.3) is 0 Å². The first-order valence-electron chi connectivity index (χ1n) is 5.48. The molecule has 78 valence electrons. The zero-order chi connectivity index (χ0) is 9.73. The summed E-state index contributed by atoms with van der Waals surface area (Å²) in [5.74, 6) is 0. The summed E-state index contributed by atoms with van der Waals surface area (Å²) in [6.45, 7) is 2.11. The van der Waals surface area contributed by atoms with Gasteiger partial charge in [-0.2, -0.15) is 0 Å². The molecule has 1 rings (SSSR count). The van der Waals surface area contributed by atoms with E-state index in [4.69, 9.17) is 10.5 Å². The molecule has 1 atom stereocenters. The van der Waals surface area contributed by atoms with E-state index in [-0.39, 0.29) is 5.54 Å². The van der Waals surface area contributed by atoms with Gasteiger partial charge in [0, 0.05) is 12.6 Å². The SMILES string of the molecule is COC(C)CC1(N)CCCCCC1. The molecule has 0 saturated heterocycles. The fourth-order valence-electron chi connectivity index (χ4n) is 2.29. The lowest BCUT2D eigenvalue weighted by molar-refractivity contribution is 0.0841. The van der Waals surface area contributed by atoms with Crippen LogP contribution >= 0.6 is 0 Å². The topological polar surface area (TPSA) is 35.2 Å². The first kappa shape index (κ1) is 11.0. The lowest BCUT2D eigenvalue weighted by Gasteiger charge is -2.30. The van der Waals surface area contributed by atoms with Crippen LogP contribution in [-0.2, 0) is 4.74 Å². The summed E-state index contributed by atoms with van der Waals surface area (Å²) >= 11 is 0. The Bertz CT molecular complexity index is 139. The van der Waals surface area contributed by atoms with Crippen molar-refractivity contribution in [3.05, 3.63) is 0 Å². The first-order valence-corrected chi connectivity index (χ1v) is 5.48. The summed E-state index contributed by atoms with van der Waals surface area (Å²) in [5.41, 5.74) is 6.42. The zero-order valence-electron chi connectivity index (χ0n) is 9.01. The second-order valence-electron chi connectivity index (χ2n) is 4.53. The van der Waals surface area contributed by atoms with Gasteiger partial charge in [0.2, 0.25) is 0 Å². The van der Waals surface area contributed by atoms with Crippen LogP contribution in [0.4, 0.5) is 0 Å². The van der Waals surface area contributed by atoms with Gasteiger partial charge >= 0.3 is 0 Å². The van der Waals surface area contributed by atoms with Crippen LogP contribution in [-0.4, -0.2) is 18.8 Å². The molecular weight excluding hydrogens is 162 g/mol. The highest BCUT2D eigenvalue weighted by Gasteiger charge is 2.27. The summed E-state index contributed by atoms with van der Waals surface area (Å²) < 4.78 is 5.28. The molecule has 1 aliphatic rings. The van der Waals surface area contributed by atoms with E-state index in [1.807, 2.05) is 0 Å². The molecule has 0 radical (unpaired) electrons. The van der Waals surface area contributed by atoms with Crippen LogP contribution in [0.15, 0.2) is 0 Å². The smallest absolute Gasteiger partial charge is 0.0560 e. The van der Waals surface area contributed by atoms with Crippen molar-refractivity contribution in [3.8, 4) is 0 Å². The molecule has 0 spiro atoms. The van der Waals surface area contributed by atoms with E-state index in [0.717, 1.165) is 6.42 Å². The average Bonchev–Trinajstić information content (AvgIpc) is 2.30. The highest BCUT2D eigenvalue weighted by atomic mass is 16.5. The van der Waals surface area contributed by atoms with Crippen LogP contribution < -0.4 is 5.73 Å². The minimum absolute atomic E-state index is 0.0614. The number of nitrogens with two attached hydrogens (primary N) is 1. The van der Waals surface area contributed by atoms with Gasteiger partial charge in [0.25, 0.3) is 0 Å². The summed E-state index contributed by atoms with van der Waals surface area (Å²) in [6.07, 6.45) is 9.01. The highest BCUT2D eigenvalue weighted by molar-refractivity contribution is 4.87. The van der Waals surface area contributed by atoms with Gasteiger partial charge in [0.1, 0.15) is 0 Å². The summed E-state index contributed by atoms with van der Waals surface area (Å²) in [7, 11) is 1.77. The van der Waals surface area contributed by atoms with Crippen molar-refractivity contribution >= 4 is 0 Å². The van der Waals surface area contributed by atoms with Gasteiger partial charge in [0.05, 0.1) is 6.10 Å². The Morgan fingerprint density at radius 2 is 1.77 bits per heavy atom. The number of ether oxygens (including phenoxy) is 1. The highest BCUT2D eigenvalue weighted by Crippen LogP contribution is 2.29. The monoisotopic (exact) mass is 185 g/mol. The van der Waals surface area contributed by atoms with Crippen LogP contribution in [0.3, 0.4) is 0 Å². The quantitative estimate of drug-likeness (QED) is 0.685. The number of hydrogen-bond acceptors (Lipinski definition) is 2. The molecule has 2 N–H and O–H groups in total. The van der Waals surface area contributed by atoms with Crippen molar-refractivity contribution in [2.45, 2.75) is 63.5 Å². The molecule has 1 saturated carbocycles. The largest absolute Gasteiger partial charge is 0.382 e. The van der Waals surface area contributed by atoms with Crippen LogP contribution in [0.1, 0.15) is 51.9 Å². The van der Waals surface area contributed by atoms with Crippen molar-refractivity contribution in [1.82, 2.24) is 0 Å². The zero-order valence-corrected chi connectivity index (χ0v) is 9.01. The Balaban J connectivity index is 2.41. The third-order valence-electron chi connectivity index (χ3n) is 3.20. The molecule has 1 aliphatic carbocycles. The van der Waals surface area contributed by atoms with E-state index >= 15 is 0 Å². The van der Waals surface area contributed by atoms with Gasteiger partial charge in [-0.15, -0.1) is 0 Å². The molecule has 1 unspecified atom stereocenters. The Kier molecular flexibility index (Phi) is 4.20. The summed E-state index contributed by atoms with van der Waals surface area (Å²) in [5, 5.41) is 0. The van der Waals surface area contributed by atoms with E-state index in [0.29, 0.717) is 6.10 Å². The molecule has 0 aromatic carbocycles. The Labute approximate surface area is 81.8 Å². The van der Waals surface area contributed by atoms with E-state index in [1.165, 1.54) is 38.5 Å². The summed E-state index contributed by atoms with van der Waals surface area (Å²) in [6, 6.07) is 0. The molecule has 13 heavy (non-hydrogen) atoms. The molecule has 2 nitrogen and oxygen atoms in total. The maximum absolute atomic E-state index is 6.36. The number of methoxy groups -OCH3 is 1. The van der Waals surface area contributed by atoms with Crippen molar-refractivity contribution < 1.29 is 4.74 Å². The summed E-state index contributed by atoms with van der Waals surface area (Å²) in [4.78, 5) is 0. The Morgan fingerprint density at radius 3 is 2.23 bits per heavy atom. The van der Waals surface area contributed by atoms with Gasteiger partial charge in [-0.05, 0) is 26.2 Å². The second-order valence-corrected chi connectivity index (χ2v) is 4.53. The van der Waals surface area contributed by atoms with Gasteiger partial charge < -0.3 is 10.5 Å². The second kappa shape index (κ2) is 4.97.